The summed E-state index contributed by atoms with van der Waals surface area (Å²) in [7, 11) is 0. The molecule has 25 heavy (non-hydrogen) atoms. The molecule has 0 saturated heterocycles. The minimum absolute atomic E-state index is 0.185. The van der Waals surface area contributed by atoms with Gasteiger partial charge in [0.15, 0.2) is 5.82 Å². The lowest BCUT2D eigenvalue weighted by molar-refractivity contribution is 0.830. The van der Waals surface area contributed by atoms with Crippen molar-refractivity contribution in [3.8, 4) is 22.8 Å². The minimum Gasteiger partial charge on any atom is -0.245 e. The average Bonchev–Trinajstić information content (AvgIpc) is 3.00. The van der Waals surface area contributed by atoms with Gasteiger partial charge in [0.05, 0.1) is 11.4 Å². The van der Waals surface area contributed by atoms with Crippen LogP contribution in [0.25, 0.3) is 22.8 Å². The maximum absolute atomic E-state index is 13.1. The van der Waals surface area contributed by atoms with Crippen LogP contribution in [0.5, 0.6) is 0 Å². The maximum atomic E-state index is 13.1. The first-order chi connectivity index (χ1) is 12.3. The molecule has 4 aromatic rings. The molecule has 0 N–H and O–H groups in total. The van der Waals surface area contributed by atoms with E-state index in [1.54, 1.807) is 4.57 Å². The van der Waals surface area contributed by atoms with Crippen molar-refractivity contribution < 1.29 is 0 Å². The largest absolute Gasteiger partial charge is 0.355 e. The van der Waals surface area contributed by atoms with Crippen LogP contribution in [0.3, 0.4) is 0 Å². The molecule has 0 fully saturated rings. The maximum Gasteiger partial charge on any atom is 0.355 e. The Kier molecular flexibility index (Phi) is 3.78. The van der Waals surface area contributed by atoms with Gasteiger partial charge in [-0.2, -0.15) is 4.68 Å². The molecule has 4 nitrogen and oxygen atoms in total. The van der Waals surface area contributed by atoms with Crippen LogP contribution in [-0.4, -0.2) is 14.3 Å². The van der Waals surface area contributed by atoms with Crippen molar-refractivity contribution in [2.24, 2.45) is 0 Å². The van der Waals surface area contributed by atoms with Gasteiger partial charge < -0.3 is 0 Å². The van der Waals surface area contributed by atoms with Gasteiger partial charge >= 0.3 is 5.69 Å². The summed E-state index contributed by atoms with van der Waals surface area (Å²) >= 11 is 0. The van der Waals surface area contributed by atoms with Gasteiger partial charge in [0.25, 0.3) is 0 Å². The molecule has 0 unspecified atom stereocenters. The third-order valence-corrected chi connectivity index (χ3v) is 4.18. The normalized spacial score (nSPS) is 10.8. The molecule has 0 aliphatic carbocycles. The fourth-order valence-electron chi connectivity index (χ4n) is 2.91. The number of hydrogen-bond donors (Lipinski definition) is 0. The van der Waals surface area contributed by atoms with Gasteiger partial charge in [-0.25, -0.2) is 9.36 Å². The first-order valence-corrected chi connectivity index (χ1v) is 8.14. The Morgan fingerprint density at radius 1 is 0.720 bits per heavy atom. The Bertz CT molecular complexity index is 1060. The van der Waals surface area contributed by atoms with Crippen molar-refractivity contribution >= 4 is 0 Å². The van der Waals surface area contributed by atoms with E-state index >= 15 is 0 Å². The SMILES string of the molecule is Cc1ccccc1-c1nn(-c2ccccc2)c(=O)n1-c1ccccc1. The quantitative estimate of drug-likeness (QED) is 0.570. The van der Waals surface area contributed by atoms with E-state index in [-0.39, 0.29) is 5.69 Å². The molecule has 1 aromatic heterocycles. The molecular formula is C21H17N3O. The lowest BCUT2D eigenvalue weighted by Gasteiger charge is -2.07. The number of aryl methyl sites for hydroxylation is 1. The van der Waals surface area contributed by atoms with E-state index in [4.69, 9.17) is 0 Å². The molecule has 0 amide bonds. The highest BCUT2D eigenvalue weighted by Gasteiger charge is 2.18. The average molecular weight is 327 g/mol. The smallest absolute Gasteiger partial charge is 0.245 e. The van der Waals surface area contributed by atoms with Crippen molar-refractivity contribution in [2.45, 2.75) is 6.92 Å². The number of para-hydroxylation sites is 2. The number of benzene rings is 3. The molecular weight excluding hydrogens is 310 g/mol. The first kappa shape index (κ1) is 15.1. The van der Waals surface area contributed by atoms with Crippen molar-refractivity contribution in [3.05, 3.63) is 101 Å². The summed E-state index contributed by atoms with van der Waals surface area (Å²) < 4.78 is 3.12. The molecule has 0 spiro atoms. The highest BCUT2D eigenvalue weighted by molar-refractivity contribution is 5.62. The van der Waals surface area contributed by atoms with Crippen LogP contribution in [0.4, 0.5) is 0 Å². The van der Waals surface area contributed by atoms with E-state index in [2.05, 4.69) is 5.10 Å². The summed E-state index contributed by atoms with van der Waals surface area (Å²) in [6.45, 7) is 2.02. The first-order valence-electron chi connectivity index (χ1n) is 8.14. The van der Waals surface area contributed by atoms with E-state index in [9.17, 15) is 4.79 Å². The van der Waals surface area contributed by atoms with E-state index in [1.165, 1.54) is 4.68 Å². The van der Waals surface area contributed by atoms with Gasteiger partial charge in [0, 0.05) is 5.56 Å². The van der Waals surface area contributed by atoms with E-state index in [0.29, 0.717) is 5.82 Å². The molecule has 1 heterocycles. The van der Waals surface area contributed by atoms with Crippen LogP contribution in [0.1, 0.15) is 5.56 Å². The lowest BCUT2D eigenvalue weighted by Crippen LogP contribution is -2.22. The third-order valence-electron chi connectivity index (χ3n) is 4.18. The summed E-state index contributed by atoms with van der Waals surface area (Å²) in [5.41, 5.74) is 3.38. The van der Waals surface area contributed by atoms with Crippen LogP contribution in [0.15, 0.2) is 89.7 Å². The summed E-state index contributed by atoms with van der Waals surface area (Å²) in [4.78, 5) is 13.1. The summed E-state index contributed by atoms with van der Waals surface area (Å²) in [6, 6.07) is 27.1. The summed E-state index contributed by atoms with van der Waals surface area (Å²) in [5, 5.41) is 4.65. The minimum atomic E-state index is -0.185. The number of nitrogens with zero attached hydrogens (tertiary/aromatic N) is 3. The van der Waals surface area contributed by atoms with Gasteiger partial charge in [0.2, 0.25) is 0 Å². The molecule has 0 atom stereocenters. The predicted molar refractivity (Wildman–Crippen MR) is 99.3 cm³/mol. The zero-order chi connectivity index (χ0) is 17.2. The zero-order valence-electron chi connectivity index (χ0n) is 13.8. The number of rotatable bonds is 3. The molecule has 0 radical (unpaired) electrons. The molecule has 4 heteroatoms. The Morgan fingerprint density at radius 2 is 1.28 bits per heavy atom. The standard InChI is InChI=1S/C21H17N3O/c1-16-10-8-9-15-19(16)20-22-24(18-13-6-3-7-14-18)21(25)23(20)17-11-4-2-5-12-17/h2-15H,1H3. The Labute approximate surface area is 145 Å². The van der Waals surface area contributed by atoms with Crippen LogP contribution in [0, 0.1) is 6.92 Å². The highest BCUT2D eigenvalue weighted by Crippen LogP contribution is 2.23. The molecule has 0 bridgehead atoms. The molecule has 0 saturated carbocycles. The predicted octanol–water partition coefficient (Wildman–Crippen LogP) is 4.00. The highest BCUT2D eigenvalue weighted by atomic mass is 16.2. The molecule has 0 aliphatic heterocycles. The fraction of sp³-hybridized carbons (Fsp3) is 0.0476. The summed E-state index contributed by atoms with van der Waals surface area (Å²) in [6.07, 6.45) is 0. The van der Waals surface area contributed by atoms with Gasteiger partial charge in [-0.3, -0.25) is 0 Å². The second-order valence-corrected chi connectivity index (χ2v) is 5.84. The Morgan fingerprint density at radius 3 is 1.92 bits per heavy atom. The van der Waals surface area contributed by atoms with Crippen LogP contribution in [-0.2, 0) is 0 Å². The van der Waals surface area contributed by atoms with Crippen LogP contribution >= 0.6 is 0 Å². The van der Waals surface area contributed by atoms with Crippen molar-refractivity contribution in [1.82, 2.24) is 14.3 Å². The van der Waals surface area contributed by atoms with Gasteiger partial charge in [0.1, 0.15) is 0 Å². The van der Waals surface area contributed by atoms with Crippen LogP contribution in [0.2, 0.25) is 0 Å². The van der Waals surface area contributed by atoms with E-state index in [0.717, 1.165) is 22.5 Å². The van der Waals surface area contributed by atoms with Crippen LogP contribution < -0.4 is 5.69 Å². The summed E-state index contributed by atoms with van der Waals surface area (Å²) in [5.74, 6) is 0.637. The number of aromatic nitrogens is 3. The fourth-order valence-corrected chi connectivity index (χ4v) is 2.91. The molecule has 0 aliphatic rings. The van der Waals surface area contributed by atoms with Gasteiger partial charge in [-0.1, -0.05) is 60.7 Å². The number of hydrogen-bond acceptors (Lipinski definition) is 2. The molecule has 3 aromatic carbocycles. The Balaban J connectivity index is 2.03. The monoisotopic (exact) mass is 327 g/mol. The van der Waals surface area contributed by atoms with Gasteiger partial charge in [-0.05, 0) is 36.8 Å². The second-order valence-electron chi connectivity index (χ2n) is 5.84. The van der Waals surface area contributed by atoms with Crippen molar-refractivity contribution in [3.63, 3.8) is 0 Å². The Hall–Kier alpha value is -3.40. The topological polar surface area (TPSA) is 39.8 Å². The van der Waals surface area contributed by atoms with E-state index in [1.807, 2.05) is 91.9 Å². The van der Waals surface area contributed by atoms with Crippen molar-refractivity contribution in [1.29, 1.82) is 0 Å². The van der Waals surface area contributed by atoms with Crippen molar-refractivity contribution in [2.75, 3.05) is 0 Å². The lowest BCUT2D eigenvalue weighted by atomic mass is 10.1. The van der Waals surface area contributed by atoms with E-state index < -0.39 is 0 Å². The molecule has 122 valence electrons. The zero-order valence-corrected chi connectivity index (χ0v) is 13.8. The molecule has 4 rings (SSSR count). The second kappa shape index (κ2) is 6.24. The third kappa shape index (κ3) is 2.68. The van der Waals surface area contributed by atoms with Gasteiger partial charge in [-0.15, -0.1) is 5.10 Å².